The summed E-state index contributed by atoms with van der Waals surface area (Å²) < 4.78 is 26.3. The summed E-state index contributed by atoms with van der Waals surface area (Å²) in [5.74, 6) is 0.718. The summed E-state index contributed by atoms with van der Waals surface area (Å²) in [6, 6.07) is 5.72. The molecule has 1 aliphatic carbocycles. The van der Waals surface area contributed by atoms with Crippen molar-refractivity contribution in [1.82, 2.24) is 9.55 Å². The summed E-state index contributed by atoms with van der Waals surface area (Å²) in [6.45, 7) is 2.22. The maximum absolute atomic E-state index is 11.8. The lowest BCUT2D eigenvalue weighted by molar-refractivity contribution is 0.219. The number of para-hydroxylation sites is 1. The van der Waals surface area contributed by atoms with Crippen LogP contribution in [0.2, 0.25) is 0 Å². The summed E-state index contributed by atoms with van der Waals surface area (Å²) in [7, 11) is -3.25. The quantitative estimate of drug-likeness (QED) is 0.867. The third-order valence-corrected chi connectivity index (χ3v) is 5.27. The molecule has 1 fully saturated rings. The van der Waals surface area contributed by atoms with Crippen LogP contribution in [0.25, 0.3) is 11.0 Å². The second-order valence-electron chi connectivity index (χ2n) is 5.45. The van der Waals surface area contributed by atoms with Gasteiger partial charge in [0.15, 0.2) is 14.6 Å². The molecule has 0 amide bonds. The van der Waals surface area contributed by atoms with E-state index in [0.29, 0.717) is 21.2 Å². The van der Waals surface area contributed by atoms with Crippen molar-refractivity contribution < 1.29 is 8.42 Å². The number of nitrogens with zero attached hydrogens (tertiary/aromatic N) is 1. The van der Waals surface area contributed by atoms with Crippen LogP contribution >= 0.6 is 12.2 Å². The molecule has 1 aromatic heterocycles. The van der Waals surface area contributed by atoms with Crippen molar-refractivity contribution in [2.24, 2.45) is 5.92 Å². The van der Waals surface area contributed by atoms with Gasteiger partial charge >= 0.3 is 0 Å². The normalized spacial score (nSPS) is 23.5. The van der Waals surface area contributed by atoms with Gasteiger partial charge in [-0.1, -0.05) is 13.0 Å². The number of nitrogens with one attached hydrogen (secondary N) is 1. The van der Waals surface area contributed by atoms with Crippen molar-refractivity contribution in [2.45, 2.75) is 30.7 Å². The predicted molar refractivity (Wildman–Crippen MR) is 77.7 cm³/mol. The van der Waals surface area contributed by atoms with Crippen molar-refractivity contribution >= 4 is 33.1 Å². The van der Waals surface area contributed by atoms with E-state index >= 15 is 0 Å². The Morgan fingerprint density at radius 3 is 2.63 bits per heavy atom. The van der Waals surface area contributed by atoms with E-state index in [1.807, 2.05) is 6.07 Å². The van der Waals surface area contributed by atoms with E-state index in [2.05, 4.69) is 16.5 Å². The van der Waals surface area contributed by atoms with Crippen LogP contribution in [0, 0.1) is 10.7 Å². The number of benzene rings is 1. The van der Waals surface area contributed by atoms with E-state index in [0.717, 1.165) is 24.3 Å². The molecule has 1 N–H and O–H groups in total. The molecule has 1 saturated carbocycles. The number of imidazole rings is 1. The van der Waals surface area contributed by atoms with Crippen LogP contribution in [0.15, 0.2) is 23.1 Å². The van der Waals surface area contributed by atoms with Gasteiger partial charge in [0.05, 0.1) is 15.9 Å². The zero-order valence-electron chi connectivity index (χ0n) is 10.9. The molecule has 4 nitrogen and oxygen atoms in total. The maximum atomic E-state index is 11.8. The number of aromatic amines is 1. The fourth-order valence-corrected chi connectivity index (χ4v) is 4.07. The van der Waals surface area contributed by atoms with E-state index in [-0.39, 0.29) is 0 Å². The molecule has 0 saturated heterocycles. The van der Waals surface area contributed by atoms with Gasteiger partial charge in [-0.2, -0.15) is 0 Å². The molecular weight excluding hydrogens is 280 g/mol. The minimum absolute atomic E-state index is 0.322. The highest BCUT2D eigenvalue weighted by Gasteiger charge is 2.29. The Morgan fingerprint density at radius 1 is 1.37 bits per heavy atom. The third kappa shape index (κ3) is 2.03. The predicted octanol–water partition coefficient (Wildman–Crippen LogP) is 3.07. The highest BCUT2D eigenvalue weighted by Crippen LogP contribution is 2.39. The molecule has 1 heterocycles. The molecule has 1 aromatic carbocycles. The molecule has 1 aliphatic rings. The lowest BCUT2D eigenvalue weighted by Crippen LogP contribution is -2.24. The van der Waals surface area contributed by atoms with Gasteiger partial charge < -0.3 is 9.55 Å². The highest BCUT2D eigenvalue weighted by atomic mass is 32.2. The standard InChI is InChI=1S/C13H16N2O2S2/c1-8-6-9(7-8)15-10-4-3-5-11(19(2,16)17)12(10)14-13(15)18/h3-5,8-9H,6-7H2,1-2H3,(H,14,18). The van der Waals surface area contributed by atoms with Gasteiger partial charge in [0, 0.05) is 12.3 Å². The van der Waals surface area contributed by atoms with Crippen molar-refractivity contribution in [2.75, 3.05) is 6.26 Å². The minimum Gasteiger partial charge on any atom is -0.329 e. The first-order valence-corrected chi connectivity index (χ1v) is 8.61. The van der Waals surface area contributed by atoms with Crippen molar-refractivity contribution in [3.8, 4) is 0 Å². The van der Waals surface area contributed by atoms with E-state index in [9.17, 15) is 8.42 Å². The average Bonchev–Trinajstić information content (AvgIpc) is 2.59. The third-order valence-electron chi connectivity index (χ3n) is 3.83. The molecule has 6 heteroatoms. The summed E-state index contributed by atoms with van der Waals surface area (Å²) in [5, 5.41) is 0. The van der Waals surface area contributed by atoms with Gasteiger partial charge in [-0.15, -0.1) is 0 Å². The van der Waals surface area contributed by atoms with Gasteiger partial charge in [-0.25, -0.2) is 8.42 Å². The number of sulfone groups is 1. The first-order valence-electron chi connectivity index (χ1n) is 6.31. The molecule has 0 unspecified atom stereocenters. The summed E-state index contributed by atoms with van der Waals surface area (Å²) >= 11 is 5.36. The number of H-pyrrole nitrogens is 1. The Morgan fingerprint density at radius 2 is 2.05 bits per heavy atom. The SMILES string of the molecule is CC1CC(n2c(=S)[nH]c3c(S(C)(=O)=O)cccc32)C1. The van der Waals surface area contributed by atoms with E-state index < -0.39 is 9.84 Å². The van der Waals surface area contributed by atoms with Crippen LogP contribution in [-0.4, -0.2) is 24.2 Å². The molecule has 0 atom stereocenters. The Balaban J connectivity index is 2.26. The molecule has 3 rings (SSSR count). The second-order valence-corrected chi connectivity index (χ2v) is 7.82. The smallest absolute Gasteiger partial charge is 0.178 e. The second kappa shape index (κ2) is 4.18. The first kappa shape index (κ1) is 12.9. The van der Waals surface area contributed by atoms with Crippen LogP contribution in [0.5, 0.6) is 0 Å². The number of hydrogen-bond acceptors (Lipinski definition) is 3. The first-order chi connectivity index (χ1) is 8.88. The number of fused-ring (bicyclic) bond motifs is 1. The number of hydrogen-bond donors (Lipinski definition) is 1. The van der Waals surface area contributed by atoms with E-state index in [4.69, 9.17) is 12.2 Å². The van der Waals surface area contributed by atoms with Crippen LogP contribution < -0.4 is 0 Å². The molecule has 102 valence electrons. The zero-order valence-corrected chi connectivity index (χ0v) is 12.5. The monoisotopic (exact) mass is 296 g/mol. The lowest BCUT2D eigenvalue weighted by atomic mass is 9.81. The molecule has 19 heavy (non-hydrogen) atoms. The Kier molecular flexibility index (Phi) is 2.83. The van der Waals surface area contributed by atoms with Crippen molar-refractivity contribution in [1.29, 1.82) is 0 Å². The van der Waals surface area contributed by atoms with E-state index in [1.165, 1.54) is 6.26 Å². The van der Waals surface area contributed by atoms with Crippen LogP contribution in [-0.2, 0) is 9.84 Å². The fraction of sp³-hybridized carbons (Fsp3) is 0.462. The van der Waals surface area contributed by atoms with Gasteiger partial charge in [-0.05, 0) is 43.1 Å². The van der Waals surface area contributed by atoms with Gasteiger partial charge in [-0.3, -0.25) is 0 Å². The topological polar surface area (TPSA) is 54.9 Å². The minimum atomic E-state index is -3.25. The van der Waals surface area contributed by atoms with Crippen LogP contribution in [0.4, 0.5) is 0 Å². The highest BCUT2D eigenvalue weighted by molar-refractivity contribution is 7.91. The molecular formula is C13H16N2O2S2. The maximum Gasteiger partial charge on any atom is 0.178 e. The Hall–Kier alpha value is -1.14. The van der Waals surface area contributed by atoms with Gasteiger partial charge in [0.1, 0.15) is 0 Å². The number of rotatable bonds is 2. The van der Waals surface area contributed by atoms with Crippen molar-refractivity contribution in [3.05, 3.63) is 23.0 Å². The van der Waals surface area contributed by atoms with E-state index in [1.54, 1.807) is 12.1 Å². The summed E-state index contributed by atoms with van der Waals surface area (Å²) in [5.41, 5.74) is 1.53. The van der Waals surface area contributed by atoms with Crippen molar-refractivity contribution in [3.63, 3.8) is 0 Å². The summed E-state index contributed by atoms with van der Waals surface area (Å²) in [4.78, 5) is 3.39. The fourth-order valence-electron chi connectivity index (χ4n) is 2.86. The largest absolute Gasteiger partial charge is 0.329 e. The van der Waals surface area contributed by atoms with Gasteiger partial charge in [0.2, 0.25) is 0 Å². The lowest BCUT2D eigenvalue weighted by Gasteiger charge is -2.34. The molecule has 0 aliphatic heterocycles. The summed E-state index contributed by atoms with van der Waals surface area (Å²) in [6.07, 6.45) is 3.43. The molecule has 2 aromatic rings. The van der Waals surface area contributed by atoms with Crippen LogP contribution in [0.1, 0.15) is 25.8 Å². The number of aromatic nitrogens is 2. The van der Waals surface area contributed by atoms with Gasteiger partial charge in [0.25, 0.3) is 0 Å². The Bertz CT molecular complexity index is 796. The average molecular weight is 296 g/mol. The molecule has 0 radical (unpaired) electrons. The Labute approximate surface area is 117 Å². The molecule has 0 spiro atoms. The van der Waals surface area contributed by atoms with Crippen LogP contribution in [0.3, 0.4) is 0 Å². The zero-order chi connectivity index (χ0) is 13.8. The molecule has 0 bridgehead atoms.